The molecule has 1 amide bonds. The predicted octanol–water partition coefficient (Wildman–Crippen LogP) is 2.44. The molecule has 0 saturated heterocycles. The molecule has 1 unspecified atom stereocenters. The van der Waals surface area contributed by atoms with Crippen molar-refractivity contribution in [2.75, 3.05) is 6.54 Å². The quantitative estimate of drug-likeness (QED) is 0.791. The summed E-state index contributed by atoms with van der Waals surface area (Å²) in [4.78, 5) is 13.1. The third-order valence-corrected chi connectivity index (χ3v) is 3.80. The molecule has 0 saturated carbocycles. The van der Waals surface area contributed by atoms with Gasteiger partial charge in [-0.15, -0.1) is 24.2 Å². The van der Waals surface area contributed by atoms with Crippen molar-refractivity contribution in [2.24, 2.45) is 5.73 Å². The van der Waals surface area contributed by atoms with Crippen molar-refractivity contribution in [3.05, 3.63) is 30.3 Å². The number of nitrogens with one attached hydrogen (secondary N) is 1. The summed E-state index contributed by atoms with van der Waals surface area (Å²) in [5.41, 5.74) is 5.49. The molecule has 3 N–H and O–H groups in total. The maximum Gasteiger partial charge on any atom is 0.233 e. The highest BCUT2D eigenvalue weighted by atomic mass is 35.5. The molecule has 2 atom stereocenters. The van der Waals surface area contributed by atoms with E-state index >= 15 is 0 Å². The molecule has 1 rings (SSSR count). The molecule has 102 valence electrons. The van der Waals surface area contributed by atoms with E-state index < -0.39 is 0 Å². The van der Waals surface area contributed by atoms with Crippen molar-refractivity contribution in [3.63, 3.8) is 0 Å². The summed E-state index contributed by atoms with van der Waals surface area (Å²) in [6, 6.07) is 10.0. The molecule has 0 heterocycles. The number of thioether (sulfide) groups is 1. The van der Waals surface area contributed by atoms with Crippen LogP contribution in [0.4, 0.5) is 0 Å². The molecule has 0 bridgehead atoms. The number of carbonyl (C=O) groups is 1. The average molecular weight is 289 g/mol. The lowest BCUT2D eigenvalue weighted by Gasteiger charge is -2.17. The highest BCUT2D eigenvalue weighted by molar-refractivity contribution is 8.00. The summed E-state index contributed by atoms with van der Waals surface area (Å²) < 4.78 is 0. The third-order valence-electron chi connectivity index (χ3n) is 2.43. The summed E-state index contributed by atoms with van der Waals surface area (Å²) in [5, 5.41) is 2.87. The molecule has 0 radical (unpaired) electrons. The van der Waals surface area contributed by atoms with Crippen LogP contribution in [0.5, 0.6) is 0 Å². The molecule has 1 aromatic carbocycles. The van der Waals surface area contributed by atoms with Gasteiger partial charge in [0.05, 0.1) is 5.25 Å². The molecule has 18 heavy (non-hydrogen) atoms. The Morgan fingerprint density at radius 1 is 1.39 bits per heavy atom. The van der Waals surface area contributed by atoms with Crippen LogP contribution in [0.3, 0.4) is 0 Å². The van der Waals surface area contributed by atoms with Crippen molar-refractivity contribution in [1.82, 2.24) is 5.32 Å². The first-order valence-electron chi connectivity index (χ1n) is 5.89. The van der Waals surface area contributed by atoms with Crippen LogP contribution >= 0.6 is 24.2 Å². The average Bonchev–Trinajstić information content (AvgIpc) is 2.36. The Kier molecular flexibility index (Phi) is 8.89. The molecule has 0 fully saturated rings. The van der Waals surface area contributed by atoms with Gasteiger partial charge in [0.1, 0.15) is 0 Å². The van der Waals surface area contributed by atoms with Crippen LogP contribution < -0.4 is 11.1 Å². The number of nitrogens with two attached hydrogens (primary N) is 1. The van der Waals surface area contributed by atoms with Gasteiger partial charge in [-0.3, -0.25) is 4.79 Å². The lowest BCUT2D eigenvalue weighted by molar-refractivity contribution is -0.121. The number of benzene rings is 1. The van der Waals surface area contributed by atoms with Crippen molar-refractivity contribution < 1.29 is 4.79 Å². The smallest absolute Gasteiger partial charge is 0.233 e. The Balaban J connectivity index is 0.00000289. The van der Waals surface area contributed by atoms with Gasteiger partial charge in [0.2, 0.25) is 5.91 Å². The highest BCUT2D eigenvalue weighted by Gasteiger charge is 2.18. The summed E-state index contributed by atoms with van der Waals surface area (Å²) in [6.07, 6.45) is 0.808. The van der Waals surface area contributed by atoms with Gasteiger partial charge >= 0.3 is 0 Å². The maximum absolute atomic E-state index is 12.0. The fourth-order valence-corrected chi connectivity index (χ4v) is 2.36. The Morgan fingerprint density at radius 3 is 2.50 bits per heavy atom. The van der Waals surface area contributed by atoms with Crippen molar-refractivity contribution in [1.29, 1.82) is 0 Å². The summed E-state index contributed by atoms with van der Waals surface area (Å²) in [5.74, 6) is 0.0688. The van der Waals surface area contributed by atoms with Gasteiger partial charge < -0.3 is 11.1 Å². The molecule has 0 aliphatic rings. The van der Waals surface area contributed by atoms with E-state index in [4.69, 9.17) is 5.73 Å². The number of amides is 1. The number of halogens is 1. The zero-order valence-corrected chi connectivity index (χ0v) is 12.4. The van der Waals surface area contributed by atoms with Crippen LogP contribution in [0.15, 0.2) is 35.2 Å². The monoisotopic (exact) mass is 288 g/mol. The Bertz CT molecular complexity index is 348. The first-order chi connectivity index (χ1) is 8.17. The number of carbonyl (C=O) groups excluding carboxylic acids is 1. The lowest BCUT2D eigenvalue weighted by Crippen LogP contribution is -2.42. The zero-order chi connectivity index (χ0) is 12.7. The highest BCUT2D eigenvalue weighted by Crippen LogP contribution is 2.25. The van der Waals surface area contributed by atoms with E-state index in [1.54, 1.807) is 11.8 Å². The van der Waals surface area contributed by atoms with Crippen molar-refractivity contribution in [2.45, 2.75) is 36.5 Å². The summed E-state index contributed by atoms with van der Waals surface area (Å²) >= 11 is 1.60. The van der Waals surface area contributed by atoms with Crippen LogP contribution in [0.25, 0.3) is 0 Å². The summed E-state index contributed by atoms with van der Waals surface area (Å²) in [7, 11) is 0. The van der Waals surface area contributed by atoms with E-state index in [-0.39, 0.29) is 29.6 Å². The Hall–Kier alpha value is -0.710. The molecule has 0 aliphatic heterocycles. The van der Waals surface area contributed by atoms with Crippen LogP contribution in [0, 0.1) is 0 Å². The lowest BCUT2D eigenvalue weighted by atomic mass is 10.2. The Labute approximate surface area is 119 Å². The number of rotatable bonds is 6. The van der Waals surface area contributed by atoms with Crippen LogP contribution in [0.1, 0.15) is 20.3 Å². The molecule has 3 nitrogen and oxygen atoms in total. The van der Waals surface area contributed by atoms with Gasteiger partial charge in [-0.1, -0.05) is 25.1 Å². The van der Waals surface area contributed by atoms with Crippen LogP contribution in [-0.2, 0) is 4.79 Å². The molecular weight excluding hydrogens is 268 g/mol. The minimum Gasteiger partial charge on any atom is -0.351 e. The molecule has 0 spiro atoms. The van der Waals surface area contributed by atoms with E-state index in [9.17, 15) is 4.79 Å². The third kappa shape index (κ3) is 5.76. The molecular formula is C13H21ClN2OS. The first-order valence-corrected chi connectivity index (χ1v) is 6.77. The van der Waals surface area contributed by atoms with Gasteiger partial charge in [0.25, 0.3) is 0 Å². The fourth-order valence-electron chi connectivity index (χ4n) is 1.38. The largest absolute Gasteiger partial charge is 0.351 e. The molecule has 0 aliphatic carbocycles. The normalized spacial score (nSPS) is 13.3. The van der Waals surface area contributed by atoms with Crippen LogP contribution in [-0.4, -0.2) is 23.7 Å². The molecule has 5 heteroatoms. The second kappa shape index (κ2) is 9.25. The number of hydrogen-bond acceptors (Lipinski definition) is 3. The van der Waals surface area contributed by atoms with Crippen molar-refractivity contribution >= 4 is 30.1 Å². The van der Waals surface area contributed by atoms with Gasteiger partial charge in [-0.2, -0.15) is 0 Å². The SMILES string of the molecule is CCC(Sc1ccccc1)C(=O)N[C@@H](C)CN.Cl. The standard InChI is InChI=1S/C13H20N2OS.ClH/c1-3-12(13(16)15-10(2)9-14)17-11-7-5-4-6-8-11;/h4-8,10,12H,3,9,14H2,1-2H3,(H,15,16);1H/t10-,12?;/m0./s1. The second-order valence-corrected chi connectivity index (χ2v) is 5.25. The Morgan fingerprint density at radius 2 is 2.00 bits per heavy atom. The number of hydrogen-bond donors (Lipinski definition) is 2. The molecule has 0 aromatic heterocycles. The van der Waals surface area contributed by atoms with Gasteiger partial charge in [-0.05, 0) is 25.5 Å². The topological polar surface area (TPSA) is 55.1 Å². The predicted molar refractivity (Wildman–Crippen MR) is 80.3 cm³/mol. The summed E-state index contributed by atoms with van der Waals surface area (Å²) in [6.45, 7) is 4.41. The van der Waals surface area contributed by atoms with Crippen molar-refractivity contribution in [3.8, 4) is 0 Å². The maximum atomic E-state index is 12.0. The molecule has 1 aromatic rings. The van der Waals surface area contributed by atoms with Gasteiger partial charge in [-0.25, -0.2) is 0 Å². The first kappa shape index (κ1) is 17.3. The second-order valence-electron chi connectivity index (χ2n) is 3.97. The van der Waals surface area contributed by atoms with E-state index in [0.29, 0.717) is 6.54 Å². The van der Waals surface area contributed by atoms with Gasteiger partial charge in [0, 0.05) is 17.5 Å². The van der Waals surface area contributed by atoms with E-state index in [2.05, 4.69) is 5.32 Å². The van der Waals surface area contributed by atoms with E-state index in [1.165, 1.54) is 0 Å². The van der Waals surface area contributed by atoms with Gasteiger partial charge in [0.15, 0.2) is 0 Å². The zero-order valence-electron chi connectivity index (χ0n) is 10.8. The van der Waals surface area contributed by atoms with Crippen LogP contribution in [0.2, 0.25) is 0 Å². The minimum absolute atomic E-state index is 0. The minimum atomic E-state index is -0.0496. The van der Waals surface area contributed by atoms with E-state index in [0.717, 1.165) is 11.3 Å². The fraction of sp³-hybridized carbons (Fsp3) is 0.462. The van der Waals surface area contributed by atoms with E-state index in [1.807, 2.05) is 44.2 Å².